The summed E-state index contributed by atoms with van der Waals surface area (Å²) < 4.78 is 0. The zero-order valence-corrected chi connectivity index (χ0v) is 12.2. The molecule has 2 rings (SSSR count). The van der Waals surface area contributed by atoms with Crippen molar-refractivity contribution in [1.29, 1.82) is 0 Å². The highest BCUT2D eigenvalue weighted by Crippen LogP contribution is 2.24. The van der Waals surface area contributed by atoms with Gasteiger partial charge < -0.3 is 11.1 Å². The van der Waals surface area contributed by atoms with E-state index in [9.17, 15) is 4.79 Å². The number of hydrogen-bond acceptors (Lipinski definition) is 3. The predicted octanol–water partition coefficient (Wildman–Crippen LogP) is 1.49. The number of likely N-dealkylation sites (tertiary alicyclic amines) is 1. The van der Waals surface area contributed by atoms with Gasteiger partial charge in [0.1, 0.15) is 0 Å². The van der Waals surface area contributed by atoms with Crippen molar-refractivity contribution in [2.24, 2.45) is 11.7 Å². The molecule has 0 spiro atoms. The molecule has 1 saturated carbocycles. The summed E-state index contributed by atoms with van der Waals surface area (Å²) in [6, 6.07) is 0.697. The molecule has 1 amide bonds. The van der Waals surface area contributed by atoms with Crippen LogP contribution in [-0.4, -0.2) is 42.5 Å². The van der Waals surface area contributed by atoms with Gasteiger partial charge in [0.2, 0.25) is 5.91 Å². The van der Waals surface area contributed by atoms with Gasteiger partial charge in [0.05, 0.1) is 0 Å². The van der Waals surface area contributed by atoms with Gasteiger partial charge in [-0.1, -0.05) is 19.8 Å². The van der Waals surface area contributed by atoms with E-state index in [0.717, 1.165) is 31.8 Å². The lowest BCUT2D eigenvalue weighted by Gasteiger charge is -2.37. The van der Waals surface area contributed by atoms with E-state index >= 15 is 0 Å². The number of nitrogens with one attached hydrogen (secondary N) is 1. The summed E-state index contributed by atoms with van der Waals surface area (Å²) in [5.41, 5.74) is 5.87. The molecule has 1 aliphatic carbocycles. The summed E-state index contributed by atoms with van der Waals surface area (Å²) in [6.07, 6.45) is 8.07. The molecule has 4 heteroatoms. The summed E-state index contributed by atoms with van der Waals surface area (Å²) in [5, 5.41) is 3.07. The maximum absolute atomic E-state index is 11.9. The summed E-state index contributed by atoms with van der Waals surface area (Å²) in [7, 11) is 0. The van der Waals surface area contributed by atoms with Gasteiger partial charge in [-0.2, -0.15) is 0 Å². The van der Waals surface area contributed by atoms with Crippen molar-refractivity contribution in [3.8, 4) is 0 Å². The van der Waals surface area contributed by atoms with Crippen molar-refractivity contribution in [3.05, 3.63) is 0 Å². The van der Waals surface area contributed by atoms with Crippen LogP contribution >= 0.6 is 0 Å². The molecule has 1 unspecified atom stereocenters. The van der Waals surface area contributed by atoms with E-state index in [0.29, 0.717) is 19.0 Å². The molecule has 4 nitrogen and oxygen atoms in total. The molecule has 1 atom stereocenters. The maximum Gasteiger partial charge on any atom is 0.221 e. The van der Waals surface area contributed by atoms with Crippen molar-refractivity contribution < 1.29 is 4.79 Å². The van der Waals surface area contributed by atoms with Crippen molar-refractivity contribution in [2.75, 3.05) is 19.6 Å². The Morgan fingerprint density at radius 3 is 2.53 bits per heavy atom. The number of amides is 1. The zero-order chi connectivity index (χ0) is 13.7. The second-order valence-corrected chi connectivity index (χ2v) is 6.20. The molecule has 0 radical (unpaired) electrons. The molecule has 0 aromatic carbocycles. The Bertz CT molecular complexity index is 283. The molecule has 0 aromatic rings. The van der Waals surface area contributed by atoms with Gasteiger partial charge in [0, 0.05) is 25.0 Å². The molecule has 1 aliphatic heterocycles. The minimum Gasteiger partial charge on any atom is -0.353 e. The summed E-state index contributed by atoms with van der Waals surface area (Å²) in [6.45, 7) is 5.08. The largest absolute Gasteiger partial charge is 0.353 e. The topological polar surface area (TPSA) is 58.4 Å². The summed E-state index contributed by atoms with van der Waals surface area (Å²) in [4.78, 5) is 14.3. The van der Waals surface area contributed by atoms with E-state index in [4.69, 9.17) is 5.73 Å². The average molecular weight is 267 g/mol. The van der Waals surface area contributed by atoms with Gasteiger partial charge in [0.25, 0.3) is 0 Å². The van der Waals surface area contributed by atoms with Crippen LogP contribution in [-0.2, 0) is 4.79 Å². The molecule has 19 heavy (non-hydrogen) atoms. The van der Waals surface area contributed by atoms with Crippen LogP contribution in [0.1, 0.15) is 51.9 Å². The lowest BCUT2D eigenvalue weighted by Crippen LogP contribution is -2.47. The van der Waals surface area contributed by atoms with Gasteiger partial charge in [0.15, 0.2) is 0 Å². The third-order valence-corrected chi connectivity index (χ3v) is 4.50. The number of nitrogens with two attached hydrogens (primary N) is 1. The van der Waals surface area contributed by atoms with Crippen LogP contribution in [0.4, 0.5) is 0 Å². The fourth-order valence-electron chi connectivity index (χ4n) is 3.10. The third kappa shape index (κ3) is 4.77. The molecule has 1 heterocycles. The highest BCUT2D eigenvalue weighted by atomic mass is 16.1. The SMILES string of the molecule is CCCC1CCN(C(CN)CC(=O)NC2CC2)CC1. The molecule has 110 valence electrons. The Morgan fingerprint density at radius 1 is 1.32 bits per heavy atom. The number of hydrogen-bond donors (Lipinski definition) is 2. The average Bonchev–Trinajstić information content (AvgIpc) is 3.21. The molecule has 2 aliphatic rings. The smallest absolute Gasteiger partial charge is 0.221 e. The number of carbonyl (C=O) groups is 1. The first kappa shape index (κ1) is 14.8. The predicted molar refractivity (Wildman–Crippen MR) is 77.8 cm³/mol. The molecule has 2 fully saturated rings. The van der Waals surface area contributed by atoms with Crippen molar-refractivity contribution >= 4 is 5.91 Å². The number of piperidine rings is 1. The monoisotopic (exact) mass is 267 g/mol. The molecule has 3 N–H and O–H groups in total. The van der Waals surface area contributed by atoms with Crippen molar-refractivity contribution in [1.82, 2.24) is 10.2 Å². The normalized spacial score (nSPS) is 23.3. The maximum atomic E-state index is 11.9. The Balaban J connectivity index is 1.73. The Kier molecular flexibility index (Phi) is 5.64. The fraction of sp³-hybridized carbons (Fsp3) is 0.933. The minimum atomic E-state index is 0.189. The zero-order valence-electron chi connectivity index (χ0n) is 12.2. The van der Waals surface area contributed by atoms with Crippen LogP contribution in [0.3, 0.4) is 0 Å². The van der Waals surface area contributed by atoms with Crippen LogP contribution in [0.2, 0.25) is 0 Å². The molecular formula is C15H29N3O. The van der Waals surface area contributed by atoms with Crippen LogP contribution in [0.15, 0.2) is 0 Å². The molecule has 1 saturated heterocycles. The first-order valence-corrected chi connectivity index (χ1v) is 7.96. The van der Waals surface area contributed by atoms with E-state index in [1.165, 1.54) is 25.7 Å². The quantitative estimate of drug-likeness (QED) is 0.735. The first-order valence-electron chi connectivity index (χ1n) is 7.96. The summed E-state index contributed by atoms with van der Waals surface area (Å²) >= 11 is 0. The number of rotatable bonds is 7. The molecule has 0 aromatic heterocycles. The lowest BCUT2D eigenvalue weighted by molar-refractivity contribution is -0.122. The Morgan fingerprint density at radius 2 is 2.00 bits per heavy atom. The van der Waals surface area contributed by atoms with Gasteiger partial charge >= 0.3 is 0 Å². The summed E-state index contributed by atoms with van der Waals surface area (Å²) in [5.74, 6) is 1.08. The second kappa shape index (κ2) is 7.25. The van der Waals surface area contributed by atoms with E-state index in [1.807, 2.05) is 0 Å². The van der Waals surface area contributed by atoms with Gasteiger partial charge in [-0.25, -0.2) is 0 Å². The minimum absolute atomic E-state index is 0.189. The van der Waals surface area contributed by atoms with E-state index in [2.05, 4.69) is 17.1 Å². The molecular weight excluding hydrogens is 238 g/mol. The molecule has 0 bridgehead atoms. The number of carbonyl (C=O) groups excluding carboxylic acids is 1. The van der Waals surface area contributed by atoms with E-state index < -0.39 is 0 Å². The van der Waals surface area contributed by atoms with Crippen LogP contribution in [0.5, 0.6) is 0 Å². The highest BCUT2D eigenvalue weighted by molar-refractivity contribution is 5.77. The Hall–Kier alpha value is -0.610. The van der Waals surface area contributed by atoms with Crippen molar-refractivity contribution in [3.63, 3.8) is 0 Å². The first-order chi connectivity index (χ1) is 9.22. The van der Waals surface area contributed by atoms with Crippen LogP contribution < -0.4 is 11.1 Å². The fourth-order valence-corrected chi connectivity index (χ4v) is 3.10. The van der Waals surface area contributed by atoms with Gasteiger partial charge in [-0.3, -0.25) is 9.69 Å². The highest BCUT2D eigenvalue weighted by Gasteiger charge is 2.28. The standard InChI is InChI=1S/C15H29N3O/c1-2-3-12-6-8-18(9-7-12)14(11-16)10-15(19)17-13-4-5-13/h12-14H,2-11,16H2,1H3,(H,17,19). The lowest BCUT2D eigenvalue weighted by atomic mass is 9.91. The van der Waals surface area contributed by atoms with Gasteiger partial charge in [-0.05, 0) is 44.7 Å². The van der Waals surface area contributed by atoms with Crippen LogP contribution in [0.25, 0.3) is 0 Å². The van der Waals surface area contributed by atoms with Gasteiger partial charge in [-0.15, -0.1) is 0 Å². The van der Waals surface area contributed by atoms with E-state index in [-0.39, 0.29) is 11.9 Å². The van der Waals surface area contributed by atoms with E-state index in [1.54, 1.807) is 0 Å². The van der Waals surface area contributed by atoms with Crippen LogP contribution in [0, 0.1) is 5.92 Å². The third-order valence-electron chi connectivity index (χ3n) is 4.50. The number of nitrogens with zero attached hydrogens (tertiary/aromatic N) is 1. The second-order valence-electron chi connectivity index (χ2n) is 6.20. The Labute approximate surface area is 117 Å². The van der Waals surface area contributed by atoms with Crippen molar-refractivity contribution in [2.45, 2.75) is 64.0 Å².